The number of carbonyl (C=O) groups is 2. The molecule has 0 aliphatic rings. The molecule has 2 aromatic carbocycles. The van der Waals surface area contributed by atoms with E-state index in [-0.39, 0.29) is 30.8 Å². The smallest absolute Gasteiger partial charge is 0.248 e. The number of nitrogens with two attached hydrogens (primary N) is 2. The lowest BCUT2D eigenvalue weighted by atomic mass is 10.1. The molecule has 2 heterocycles. The van der Waals surface area contributed by atoms with Gasteiger partial charge in [-0.3, -0.25) is 14.9 Å². The molecule has 4 rings (SSSR count). The third-order valence-electron chi connectivity index (χ3n) is 5.33. The van der Waals surface area contributed by atoms with Crippen LogP contribution in [0.25, 0.3) is 11.0 Å². The number of methoxy groups -OCH3 is 1. The van der Waals surface area contributed by atoms with E-state index in [1.165, 1.54) is 12.1 Å². The Balaban J connectivity index is 0.00000127. The summed E-state index contributed by atoms with van der Waals surface area (Å²) in [5.74, 6) is -0.949. The van der Waals surface area contributed by atoms with Crippen LogP contribution in [0.4, 0.5) is 10.3 Å². The van der Waals surface area contributed by atoms with Crippen molar-refractivity contribution >= 4 is 28.8 Å². The van der Waals surface area contributed by atoms with Gasteiger partial charge in [-0.25, -0.2) is 14.4 Å². The molecule has 0 bridgehead atoms. The minimum Gasteiger partial charge on any atom is -0.436 e. The summed E-state index contributed by atoms with van der Waals surface area (Å²) in [6.07, 6.45) is 1.48. The average Bonchev–Trinajstić information content (AvgIpc) is 3.21. The van der Waals surface area contributed by atoms with Crippen molar-refractivity contribution in [3.63, 3.8) is 0 Å². The first-order chi connectivity index (χ1) is 18.3. The molecule has 0 aliphatic heterocycles. The number of nitrogens with zero attached hydrogens (tertiary/aromatic N) is 3. The summed E-state index contributed by atoms with van der Waals surface area (Å²) in [5.41, 5.74) is 12.5. The SMILES string of the molecule is COCCn1c(NC(=O)Cc2ccc(Oc3ncccc3C)c(F)c2)nc2cc(C(N)=O)ccc21.NCO. The van der Waals surface area contributed by atoms with Crippen LogP contribution in [-0.4, -0.2) is 51.9 Å². The highest BCUT2D eigenvalue weighted by atomic mass is 19.1. The zero-order valence-corrected chi connectivity index (χ0v) is 21.0. The molecule has 200 valence electrons. The fourth-order valence-corrected chi connectivity index (χ4v) is 3.56. The molecule has 2 amide bonds. The Morgan fingerprint density at radius 3 is 2.61 bits per heavy atom. The Labute approximate surface area is 218 Å². The van der Waals surface area contributed by atoms with Crippen LogP contribution in [0.3, 0.4) is 0 Å². The van der Waals surface area contributed by atoms with Crippen LogP contribution in [0.15, 0.2) is 54.7 Å². The lowest BCUT2D eigenvalue weighted by molar-refractivity contribution is -0.115. The lowest BCUT2D eigenvalue weighted by Gasteiger charge is -2.11. The Bertz CT molecular complexity index is 1420. The maximum absolute atomic E-state index is 14.6. The number of aryl methyl sites for hydroxylation is 1. The van der Waals surface area contributed by atoms with Crippen LogP contribution in [0.2, 0.25) is 0 Å². The van der Waals surface area contributed by atoms with Crippen LogP contribution in [-0.2, 0) is 22.5 Å². The van der Waals surface area contributed by atoms with Crippen molar-refractivity contribution in [2.75, 3.05) is 25.8 Å². The van der Waals surface area contributed by atoms with Gasteiger partial charge in [0.1, 0.15) is 0 Å². The average molecular weight is 525 g/mol. The molecule has 4 aromatic rings. The summed E-state index contributed by atoms with van der Waals surface area (Å²) in [5, 5.41) is 10.1. The second-order valence-electron chi connectivity index (χ2n) is 8.05. The van der Waals surface area contributed by atoms with Gasteiger partial charge in [-0.15, -0.1) is 0 Å². The van der Waals surface area contributed by atoms with Crippen LogP contribution in [0, 0.1) is 12.7 Å². The Morgan fingerprint density at radius 1 is 1.18 bits per heavy atom. The van der Waals surface area contributed by atoms with Gasteiger partial charge in [-0.05, 0) is 48.9 Å². The highest BCUT2D eigenvalue weighted by Gasteiger charge is 2.16. The number of anilines is 1. The summed E-state index contributed by atoms with van der Waals surface area (Å²) in [4.78, 5) is 32.8. The number of rotatable bonds is 9. The van der Waals surface area contributed by atoms with Gasteiger partial charge >= 0.3 is 0 Å². The van der Waals surface area contributed by atoms with Gasteiger partial charge in [0.25, 0.3) is 0 Å². The van der Waals surface area contributed by atoms with Crippen LogP contribution < -0.4 is 21.5 Å². The number of aliphatic hydroxyl groups excluding tert-OH is 1. The van der Waals surface area contributed by atoms with Gasteiger partial charge < -0.3 is 30.6 Å². The Morgan fingerprint density at radius 2 is 1.95 bits per heavy atom. The molecule has 11 nitrogen and oxygen atoms in total. The topological polar surface area (TPSA) is 168 Å². The number of fused-ring (bicyclic) bond motifs is 1. The van der Waals surface area contributed by atoms with Crippen molar-refractivity contribution in [2.24, 2.45) is 11.5 Å². The number of hydrogen-bond acceptors (Lipinski definition) is 8. The van der Waals surface area contributed by atoms with Gasteiger partial charge in [-0.1, -0.05) is 12.1 Å². The van der Waals surface area contributed by atoms with E-state index in [1.54, 1.807) is 48.2 Å². The van der Waals surface area contributed by atoms with Gasteiger partial charge in [0, 0.05) is 31.0 Å². The number of imidazole rings is 1. The number of primary amides is 1. The van der Waals surface area contributed by atoms with Crippen molar-refractivity contribution in [2.45, 2.75) is 19.9 Å². The molecule has 0 fully saturated rings. The van der Waals surface area contributed by atoms with Gasteiger partial charge in [-0.2, -0.15) is 0 Å². The predicted molar refractivity (Wildman–Crippen MR) is 139 cm³/mol. The monoisotopic (exact) mass is 524 g/mol. The Hall–Kier alpha value is -4.39. The zero-order chi connectivity index (χ0) is 27.7. The van der Waals surface area contributed by atoms with E-state index in [1.807, 2.05) is 13.0 Å². The molecule has 0 saturated carbocycles. The highest BCUT2D eigenvalue weighted by Crippen LogP contribution is 2.26. The van der Waals surface area contributed by atoms with Crippen molar-refractivity contribution < 1.29 is 28.6 Å². The van der Waals surface area contributed by atoms with E-state index in [2.05, 4.69) is 21.0 Å². The fourth-order valence-electron chi connectivity index (χ4n) is 3.56. The largest absolute Gasteiger partial charge is 0.436 e. The highest BCUT2D eigenvalue weighted by molar-refractivity contribution is 5.97. The molecule has 6 N–H and O–H groups in total. The zero-order valence-electron chi connectivity index (χ0n) is 21.0. The Kier molecular flexibility index (Phi) is 9.82. The molecule has 0 radical (unpaired) electrons. The quantitative estimate of drug-likeness (QED) is 0.242. The van der Waals surface area contributed by atoms with Gasteiger partial charge in [0.15, 0.2) is 11.6 Å². The molecule has 0 spiro atoms. The number of nitrogens with one attached hydrogen (secondary N) is 1. The predicted octanol–water partition coefficient (Wildman–Crippen LogP) is 2.49. The first kappa shape index (κ1) is 28.2. The van der Waals surface area contributed by atoms with Gasteiger partial charge in [0.05, 0.1) is 30.8 Å². The number of aliphatic hydroxyl groups is 1. The lowest BCUT2D eigenvalue weighted by Crippen LogP contribution is -2.19. The van der Waals surface area contributed by atoms with Crippen molar-refractivity contribution in [3.8, 4) is 11.6 Å². The molecular formula is C26H29FN6O5. The standard InChI is InChI=1S/C25H24FN5O4.CH5NO/c1-15-4-3-9-28-24(15)35-21-8-5-16(12-18(21)26)13-22(32)30-25-29-19-14-17(23(27)33)6-7-20(19)31(25)10-11-34-2;2-1-3/h3-9,12,14H,10-11,13H2,1-2H3,(H2,27,33)(H,29,30,32);3H,1-2H2. The molecule has 0 atom stereocenters. The van der Waals surface area contributed by atoms with Crippen LogP contribution in [0.1, 0.15) is 21.5 Å². The third kappa shape index (κ3) is 7.09. The summed E-state index contributed by atoms with van der Waals surface area (Å²) in [6, 6.07) is 12.8. The summed E-state index contributed by atoms with van der Waals surface area (Å²) >= 11 is 0. The first-order valence-electron chi connectivity index (χ1n) is 11.5. The second kappa shape index (κ2) is 13.2. The number of hydrogen-bond donors (Lipinski definition) is 4. The molecule has 38 heavy (non-hydrogen) atoms. The van der Waals surface area contributed by atoms with E-state index < -0.39 is 11.7 Å². The maximum Gasteiger partial charge on any atom is 0.248 e. The number of aromatic nitrogens is 3. The summed E-state index contributed by atoms with van der Waals surface area (Å²) < 4.78 is 27.1. The van der Waals surface area contributed by atoms with E-state index >= 15 is 0 Å². The number of pyridine rings is 1. The first-order valence-corrected chi connectivity index (χ1v) is 11.5. The van der Waals surface area contributed by atoms with Crippen LogP contribution in [0.5, 0.6) is 11.6 Å². The molecular weight excluding hydrogens is 495 g/mol. The molecule has 12 heteroatoms. The number of ether oxygens (including phenoxy) is 2. The second-order valence-corrected chi connectivity index (χ2v) is 8.05. The van der Waals surface area contributed by atoms with E-state index in [0.29, 0.717) is 41.2 Å². The van der Waals surface area contributed by atoms with Gasteiger partial charge in [0.2, 0.25) is 23.6 Å². The van der Waals surface area contributed by atoms with Crippen molar-refractivity contribution in [1.29, 1.82) is 0 Å². The normalized spacial score (nSPS) is 10.6. The molecule has 2 aromatic heterocycles. The molecule has 0 aliphatic carbocycles. The maximum atomic E-state index is 14.6. The van der Waals surface area contributed by atoms with E-state index in [0.717, 1.165) is 5.56 Å². The van der Waals surface area contributed by atoms with E-state index in [4.69, 9.17) is 20.3 Å². The van der Waals surface area contributed by atoms with Crippen LogP contribution >= 0.6 is 0 Å². The van der Waals surface area contributed by atoms with E-state index in [9.17, 15) is 14.0 Å². The number of amides is 2. The fraction of sp³-hybridized carbons (Fsp3) is 0.231. The number of halogens is 1. The molecule has 0 unspecified atom stereocenters. The number of benzene rings is 2. The number of carbonyl (C=O) groups excluding carboxylic acids is 2. The minimum absolute atomic E-state index is 0.0163. The minimum atomic E-state index is -0.605. The van der Waals surface area contributed by atoms with Crippen molar-refractivity contribution in [1.82, 2.24) is 14.5 Å². The molecule has 0 saturated heterocycles. The third-order valence-corrected chi connectivity index (χ3v) is 5.33. The van der Waals surface area contributed by atoms with Crippen molar-refractivity contribution in [3.05, 3.63) is 77.2 Å². The summed E-state index contributed by atoms with van der Waals surface area (Å²) in [6.45, 7) is 2.37. The summed E-state index contributed by atoms with van der Waals surface area (Å²) in [7, 11) is 1.57.